The number of nitrogens with zero attached hydrogens (tertiary/aromatic N) is 1. The second-order valence-corrected chi connectivity index (χ2v) is 8.43. The van der Waals surface area contributed by atoms with Gasteiger partial charge in [0.1, 0.15) is 6.04 Å². The predicted molar refractivity (Wildman–Crippen MR) is 101 cm³/mol. The number of carbonyl (C=O) groups is 1. The molecule has 5 nitrogen and oxygen atoms in total. The molecule has 0 saturated heterocycles. The molecule has 0 heterocycles. The van der Waals surface area contributed by atoms with E-state index in [4.69, 9.17) is 0 Å². The van der Waals surface area contributed by atoms with Crippen LogP contribution >= 0.6 is 22.6 Å². The molecule has 0 unspecified atom stereocenters. The van der Waals surface area contributed by atoms with Gasteiger partial charge in [-0.25, -0.2) is 17.2 Å². The Bertz CT molecular complexity index is 889. The van der Waals surface area contributed by atoms with Crippen LogP contribution in [0.5, 0.6) is 0 Å². The summed E-state index contributed by atoms with van der Waals surface area (Å²) in [7, 11) is -3.91. The molecule has 2 aromatic rings. The van der Waals surface area contributed by atoms with Gasteiger partial charge in [-0.2, -0.15) is 0 Å². The van der Waals surface area contributed by atoms with Gasteiger partial charge in [-0.3, -0.25) is 9.10 Å². The molecule has 0 radical (unpaired) electrons. The van der Waals surface area contributed by atoms with Crippen molar-refractivity contribution in [1.82, 2.24) is 0 Å². The van der Waals surface area contributed by atoms with E-state index in [1.165, 1.54) is 6.92 Å². The second kappa shape index (κ2) is 7.65. The van der Waals surface area contributed by atoms with Gasteiger partial charge in [0.25, 0.3) is 0 Å². The highest BCUT2D eigenvalue weighted by atomic mass is 127. The van der Waals surface area contributed by atoms with Gasteiger partial charge in [0.15, 0.2) is 11.6 Å². The monoisotopic (exact) mass is 480 g/mol. The maximum Gasteiger partial charge on any atom is 0.247 e. The Hall–Kier alpha value is -1.75. The summed E-state index contributed by atoms with van der Waals surface area (Å²) < 4.78 is 52.5. The summed E-state index contributed by atoms with van der Waals surface area (Å²) in [6, 6.07) is 8.41. The smallest absolute Gasteiger partial charge is 0.247 e. The molecular formula is C16H15F2IN2O3S. The van der Waals surface area contributed by atoms with E-state index in [9.17, 15) is 22.0 Å². The van der Waals surface area contributed by atoms with E-state index in [2.05, 4.69) is 27.9 Å². The summed E-state index contributed by atoms with van der Waals surface area (Å²) in [4.78, 5) is 12.4. The van der Waals surface area contributed by atoms with E-state index in [1.54, 1.807) is 24.3 Å². The molecule has 0 bridgehead atoms. The Morgan fingerprint density at radius 2 is 1.72 bits per heavy atom. The van der Waals surface area contributed by atoms with Crippen molar-refractivity contribution in [3.8, 4) is 0 Å². The zero-order valence-corrected chi connectivity index (χ0v) is 16.3. The Labute approximate surface area is 158 Å². The fraction of sp³-hybridized carbons (Fsp3) is 0.188. The molecule has 134 valence electrons. The number of rotatable bonds is 5. The maximum absolute atomic E-state index is 13.5. The van der Waals surface area contributed by atoms with Crippen molar-refractivity contribution in [2.45, 2.75) is 13.0 Å². The van der Waals surface area contributed by atoms with Gasteiger partial charge in [0.2, 0.25) is 15.9 Å². The topological polar surface area (TPSA) is 66.5 Å². The first-order valence-electron chi connectivity index (χ1n) is 7.10. The van der Waals surface area contributed by atoms with Gasteiger partial charge in [0.05, 0.1) is 11.9 Å². The summed E-state index contributed by atoms with van der Waals surface area (Å²) in [5.74, 6) is -2.90. The van der Waals surface area contributed by atoms with Crippen LogP contribution < -0.4 is 9.62 Å². The van der Waals surface area contributed by atoms with E-state index >= 15 is 0 Å². The number of nitrogens with one attached hydrogen (secondary N) is 1. The van der Waals surface area contributed by atoms with Crippen molar-refractivity contribution in [1.29, 1.82) is 0 Å². The minimum Gasteiger partial charge on any atom is -0.324 e. The molecule has 9 heteroatoms. The third-order valence-corrected chi connectivity index (χ3v) is 5.32. The van der Waals surface area contributed by atoms with Crippen LogP contribution in [0.2, 0.25) is 0 Å². The molecular weight excluding hydrogens is 465 g/mol. The lowest BCUT2D eigenvalue weighted by Crippen LogP contribution is -2.45. The van der Waals surface area contributed by atoms with Crippen LogP contribution in [-0.4, -0.2) is 26.6 Å². The van der Waals surface area contributed by atoms with E-state index in [-0.39, 0.29) is 5.69 Å². The molecule has 0 saturated carbocycles. The molecule has 1 atom stereocenters. The fourth-order valence-electron chi connectivity index (χ4n) is 2.21. The van der Waals surface area contributed by atoms with E-state index in [0.717, 1.165) is 32.3 Å². The zero-order chi connectivity index (χ0) is 18.8. The van der Waals surface area contributed by atoms with Crippen LogP contribution in [0, 0.1) is 15.2 Å². The number of anilines is 2. The molecule has 0 aliphatic heterocycles. The van der Waals surface area contributed by atoms with Crippen molar-refractivity contribution in [3.63, 3.8) is 0 Å². The van der Waals surface area contributed by atoms with Gasteiger partial charge < -0.3 is 5.32 Å². The highest BCUT2D eigenvalue weighted by molar-refractivity contribution is 14.1. The first kappa shape index (κ1) is 19.6. The molecule has 25 heavy (non-hydrogen) atoms. The summed E-state index contributed by atoms with van der Waals surface area (Å²) in [5.41, 5.74) is 0.364. The van der Waals surface area contributed by atoms with Gasteiger partial charge in [-0.15, -0.1) is 0 Å². The lowest BCUT2D eigenvalue weighted by atomic mass is 10.2. The first-order chi connectivity index (χ1) is 11.6. The molecule has 0 aliphatic rings. The summed E-state index contributed by atoms with van der Waals surface area (Å²) in [6.45, 7) is 1.37. The number of sulfonamides is 1. The van der Waals surface area contributed by atoms with Crippen LogP contribution in [0.25, 0.3) is 0 Å². The van der Waals surface area contributed by atoms with Crippen molar-refractivity contribution >= 4 is 49.9 Å². The molecule has 0 aromatic heterocycles. The van der Waals surface area contributed by atoms with E-state index in [0.29, 0.717) is 5.69 Å². The largest absolute Gasteiger partial charge is 0.324 e. The van der Waals surface area contributed by atoms with Crippen molar-refractivity contribution in [3.05, 3.63) is 57.7 Å². The molecule has 2 aromatic carbocycles. The van der Waals surface area contributed by atoms with E-state index in [1.807, 2.05) is 0 Å². The van der Waals surface area contributed by atoms with Crippen LogP contribution in [0.3, 0.4) is 0 Å². The van der Waals surface area contributed by atoms with Crippen LogP contribution in [-0.2, 0) is 14.8 Å². The number of hydrogen-bond donors (Lipinski definition) is 1. The second-order valence-electron chi connectivity index (χ2n) is 5.33. The first-order valence-corrected chi connectivity index (χ1v) is 10.0. The minimum atomic E-state index is -3.91. The molecule has 1 amide bonds. The van der Waals surface area contributed by atoms with Crippen molar-refractivity contribution in [2.24, 2.45) is 0 Å². The van der Waals surface area contributed by atoms with Crippen LogP contribution in [0.4, 0.5) is 20.2 Å². The lowest BCUT2D eigenvalue weighted by Gasteiger charge is -2.28. The fourth-order valence-corrected chi connectivity index (χ4v) is 3.74. The number of hydrogen-bond acceptors (Lipinski definition) is 3. The average Bonchev–Trinajstić information content (AvgIpc) is 2.51. The standard InChI is InChI=1S/C16H15F2IN2O3S/c1-10(16(22)20-12-5-3-11(19)4-6-12)21(25(2,23)24)13-7-8-14(17)15(18)9-13/h3-10H,1-2H3,(H,20,22)/t10-/m1/s1. The molecule has 2 rings (SSSR count). The van der Waals surface area contributed by atoms with Crippen molar-refractivity contribution in [2.75, 3.05) is 15.9 Å². The van der Waals surface area contributed by atoms with Gasteiger partial charge >= 0.3 is 0 Å². The average molecular weight is 480 g/mol. The zero-order valence-electron chi connectivity index (χ0n) is 13.3. The normalized spacial score (nSPS) is 12.5. The van der Waals surface area contributed by atoms with Gasteiger partial charge in [-0.1, -0.05) is 0 Å². The summed E-state index contributed by atoms with van der Waals surface area (Å²) in [6.07, 6.45) is 0.892. The number of amides is 1. The third kappa shape index (κ3) is 4.88. The minimum absolute atomic E-state index is 0.133. The van der Waals surface area contributed by atoms with Gasteiger partial charge in [0, 0.05) is 15.3 Å². The Kier molecular flexibility index (Phi) is 5.99. The number of benzene rings is 2. The molecule has 1 N–H and O–H groups in total. The predicted octanol–water partition coefficient (Wildman–Crippen LogP) is 3.36. The highest BCUT2D eigenvalue weighted by Gasteiger charge is 2.29. The molecule has 0 aliphatic carbocycles. The lowest BCUT2D eigenvalue weighted by molar-refractivity contribution is -0.116. The molecule has 0 spiro atoms. The van der Waals surface area contributed by atoms with Crippen molar-refractivity contribution < 1.29 is 22.0 Å². The Balaban J connectivity index is 2.32. The summed E-state index contributed by atoms with van der Waals surface area (Å²) >= 11 is 2.11. The van der Waals surface area contributed by atoms with E-state index < -0.39 is 33.6 Å². The quantitative estimate of drug-likeness (QED) is 0.668. The Morgan fingerprint density at radius 1 is 1.12 bits per heavy atom. The Morgan fingerprint density at radius 3 is 2.24 bits per heavy atom. The third-order valence-electron chi connectivity index (χ3n) is 3.36. The van der Waals surface area contributed by atoms with Crippen LogP contribution in [0.15, 0.2) is 42.5 Å². The van der Waals surface area contributed by atoms with Gasteiger partial charge in [-0.05, 0) is 65.9 Å². The number of carbonyl (C=O) groups excluding carboxylic acids is 1. The summed E-state index contributed by atoms with van der Waals surface area (Å²) in [5, 5.41) is 2.60. The SMILES string of the molecule is C[C@H](C(=O)Nc1ccc(I)cc1)N(c1ccc(F)c(F)c1)S(C)(=O)=O. The molecule has 0 fully saturated rings. The maximum atomic E-state index is 13.5. The van der Waals surface area contributed by atoms with Crippen LogP contribution in [0.1, 0.15) is 6.92 Å². The highest BCUT2D eigenvalue weighted by Crippen LogP contribution is 2.24. The number of halogens is 3.